The third-order valence-corrected chi connectivity index (χ3v) is 20.1. The fraction of sp³-hybridized carbons (Fsp3) is 0.948. The van der Waals surface area contributed by atoms with Gasteiger partial charge in [0.05, 0.1) is 26.4 Å². The van der Waals surface area contributed by atoms with Gasteiger partial charge >= 0.3 is 39.5 Å². The molecule has 19 heteroatoms. The molecule has 0 radical (unpaired) electrons. The highest BCUT2D eigenvalue weighted by atomic mass is 31.2. The highest BCUT2D eigenvalue weighted by Crippen LogP contribution is 2.45. The molecule has 3 unspecified atom stereocenters. The first-order valence-electron chi connectivity index (χ1n) is 39.7. The molecule has 0 aromatic heterocycles. The molecule has 0 rings (SSSR count). The Balaban J connectivity index is 5.22. The molecular formula is C77H150O17P2. The van der Waals surface area contributed by atoms with E-state index in [0.29, 0.717) is 31.6 Å². The number of carbonyl (C=O) groups excluding carboxylic acids is 4. The molecule has 0 saturated carbocycles. The number of ether oxygens (including phenoxy) is 4. The third-order valence-electron chi connectivity index (χ3n) is 18.2. The number of carbonyl (C=O) groups is 4. The smallest absolute Gasteiger partial charge is 0.462 e. The molecule has 17 nitrogen and oxygen atoms in total. The largest absolute Gasteiger partial charge is 0.472 e. The van der Waals surface area contributed by atoms with Crippen molar-refractivity contribution >= 4 is 39.5 Å². The lowest BCUT2D eigenvalue weighted by Gasteiger charge is -2.21. The van der Waals surface area contributed by atoms with Crippen LogP contribution in [0.1, 0.15) is 389 Å². The van der Waals surface area contributed by atoms with E-state index in [-0.39, 0.29) is 25.7 Å². The monoisotopic (exact) mass is 1410 g/mol. The van der Waals surface area contributed by atoms with Gasteiger partial charge in [-0.15, -0.1) is 0 Å². The highest BCUT2D eigenvalue weighted by molar-refractivity contribution is 7.47. The van der Waals surface area contributed by atoms with Crippen LogP contribution in [-0.4, -0.2) is 96.7 Å². The van der Waals surface area contributed by atoms with Crippen LogP contribution in [0.2, 0.25) is 0 Å². The van der Waals surface area contributed by atoms with Crippen LogP contribution in [0, 0.1) is 23.7 Å². The lowest BCUT2D eigenvalue weighted by atomic mass is 9.99. The van der Waals surface area contributed by atoms with Crippen molar-refractivity contribution in [2.45, 2.75) is 408 Å². The van der Waals surface area contributed by atoms with Crippen LogP contribution in [0.4, 0.5) is 0 Å². The second-order valence-corrected chi connectivity index (χ2v) is 32.3. The van der Waals surface area contributed by atoms with Crippen molar-refractivity contribution in [3.8, 4) is 0 Å². The fourth-order valence-electron chi connectivity index (χ4n) is 11.7. The SMILES string of the molecule is CCC(C)CCCCCCCCCCC(=O)OC[C@H](COP(=O)(O)OC[C@@H](O)COP(=O)(O)OC[C@@H](COC(=O)CCCCCCCCC(C)C)OC(=O)CCCCCCCCCCCCCCCCC(C)C)OC(=O)CCCCCCCCCCCCCCCCCC(C)C. The van der Waals surface area contributed by atoms with Crippen molar-refractivity contribution in [3.05, 3.63) is 0 Å². The average Bonchev–Trinajstić information content (AvgIpc) is 1.63. The van der Waals surface area contributed by atoms with E-state index >= 15 is 0 Å². The molecule has 0 aliphatic carbocycles. The lowest BCUT2D eigenvalue weighted by molar-refractivity contribution is -0.161. The van der Waals surface area contributed by atoms with Crippen molar-refractivity contribution in [1.29, 1.82) is 0 Å². The summed E-state index contributed by atoms with van der Waals surface area (Å²) in [5, 5.41) is 10.6. The van der Waals surface area contributed by atoms with Crippen LogP contribution >= 0.6 is 15.6 Å². The van der Waals surface area contributed by atoms with Crippen molar-refractivity contribution in [3.63, 3.8) is 0 Å². The molecule has 0 aromatic carbocycles. The number of aliphatic hydroxyl groups is 1. The molecule has 0 saturated heterocycles. The number of phosphoric ester groups is 2. The molecule has 0 aliphatic rings. The number of aliphatic hydroxyl groups excluding tert-OH is 1. The lowest BCUT2D eigenvalue weighted by Crippen LogP contribution is -2.30. The first-order valence-corrected chi connectivity index (χ1v) is 42.7. The van der Waals surface area contributed by atoms with Gasteiger partial charge in [0.15, 0.2) is 12.2 Å². The molecule has 0 heterocycles. The molecule has 0 spiro atoms. The Morgan fingerprint density at radius 1 is 0.292 bits per heavy atom. The van der Waals surface area contributed by atoms with Crippen LogP contribution in [0.3, 0.4) is 0 Å². The third kappa shape index (κ3) is 69.2. The van der Waals surface area contributed by atoms with Crippen LogP contribution in [0.5, 0.6) is 0 Å². The Hall–Kier alpha value is -1.94. The van der Waals surface area contributed by atoms with Crippen LogP contribution in [0.15, 0.2) is 0 Å². The van der Waals surface area contributed by atoms with Gasteiger partial charge in [-0.3, -0.25) is 37.3 Å². The minimum absolute atomic E-state index is 0.106. The second kappa shape index (κ2) is 66.3. The van der Waals surface area contributed by atoms with Crippen molar-refractivity contribution in [2.75, 3.05) is 39.6 Å². The number of unbranched alkanes of at least 4 members (excludes halogenated alkanes) is 39. The summed E-state index contributed by atoms with van der Waals surface area (Å²) in [7, 11) is -9.91. The van der Waals surface area contributed by atoms with E-state index in [9.17, 15) is 43.2 Å². The van der Waals surface area contributed by atoms with Crippen molar-refractivity contribution in [2.24, 2.45) is 23.7 Å². The summed E-state index contributed by atoms with van der Waals surface area (Å²) in [5.74, 6) is 0.933. The standard InChI is InChI=1S/C77H150O17P2/c1-9-70(8)56-48-40-31-27-28-32-41-49-57-74(79)87-63-72(93-76(81)59-51-43-33-25-21-17-12-10-11-15-19-23-29-37-45-53-67(2)3)65-91-95(83,84)89-61-71(78)62-90-96(85,86)92-66-73(64-88-75(80)58-50-42-36-35-39-47-55-69(6)7)94-77(82)60-52-44-34-26-22-18-14-13-16-20-24-30-38-46-54-68(4)5/h67-73,78H,9-66H2,1-8H3,(H,83,84)(H,85,86)/t70?,71-,72-,73-/m1/s1. The van der Waals surface area contributed by atoms with Gasteiger partial charge in [-0.1, -0.05) is 338 Å². The Morgan fingerprint density at radius 3 is 0.740 bits per heavy atom. The highest BCUT2D eigenvalue weighted by Gasteiger charge is 2.30. The summed E-state index contributed by atoms with van der Waals surface area (Å²) in [4.78, 5) is 72.8. The Labute approximate surface area is 588 Å². The number of hydrogen-bond acceptors (Lipinski definition) is 15. The summed E-state index contributed by atoms with van der Waals surface area (Å²) in [6, 6.07) is 0. The Bertz CT molecular complexity index is 1890. The molecule has 96 heavy (non-hydrogen) atoms. The zero-order valence-electron chi connectivity index (χ0n) is 63.0. The van der Waals surface area contributed by atoms with Gasteiger partial charge in [-0.25, -0.2) is 9.13 Å². The number of phosphoric acid groups is 2. The van der Waals surface area contributed by atoms with E-state index in [0.717, 1.165) is 114 Å². The zero-order chi connectivity index (χ0) is 71.0. The summed E-state index contributed by atoms with van der Waals surface area (Å²) < 4.78 is 68.5. The molecule has 3 N–H and O–H groups in total. The minimum Gasteiger partial charge on any atom is -0.462 e. The van der Waals surface area contributed by atoms with Gasteiger partial charge in [0, 0.05) is 25.7 Å². The fourth-order valence-corrected chi connectivity index (χ4v) is 13.3. The first-order chi connectivity index (χ1) is 46.1. The van der Waals surface area contributed by atoms with E-state index < -0.39 is 97.5 Å². The summed E-state index contributed by atoms with van der Waals surface area (Å²) in [6.07, 6.45) is 51.4. The van der Waals surface area contributed by atoms with E-state index in [2.05, 4.69) is 55.4 Å². The maximum atomic E-state index is 13.1. The number of rotatable bonds is 74. The Kier molecular flexibility index (Phi) is 65.0. The van der Waals surface area contributed by atoms with E-state index in [1.807, 2.05) is 0 Å². The number of hydrogen-bond donors (Lipinski definition) is 3. The Morgan fingerprint density at radius 2 is 0.500 bits per heavy atom. The first kappa shape index (κ1) is 94.1. The van der Waals surface area contributed by atoms with Gasteiger partial charge in [0.2, 0.25) is 0 Å². The number of esters is 4. The van der Waals surface area contributed by atoms with Gasteiger partial charge < -0.3 is 33.8 Å². The summed E-state index contributed by atoms with van der Waals surface area (Å²) in [5.41, 5.74) is 0. The van der Waals surface area contributed by atoms with E-state index in [1.165, 1.54) is 186 Å². The second-order valence-electron chi connectivity index (χ2n) is 29.4. The average molecular weight is 1410 g/mol. The summed E-state index contributed by atoms with van der Waals surface area (Å²) >= 11 is 0. The molecule has 0 fully saturated rings. The molecule has 6 atom stereocenters. The van der Waals surface area contributed by atoms with Crippen LogP contribution < -0.4 is 0 Å². The van der Waals surface area contributed by atoms with Crippen molar-refractivity contribution < 1.29 is 80.2 Å². The molecular weight excluding hydrogens is 1260 g/mol. The molecule has 0 amide bonds. The molecule has 0 bridgehead atoms. The van der Waals surface area contributed by atoms with Gasteiger partial charge in [0.25, 0.3) is 0 Å². The van der Waals surface area contributed by atoms with E-state index in [1.54, 1.807) is 0 Å². The molecule has 570 valence electrons. The van der Waals surface area contributed by atoms with Crippen LogP contribution in [-0.2, 0) is 65.4 Å². The maximum absolute atomic E-state index is 13.1. The van der Waals surface area contributed by atoms with Gasteiger partial charge in [-0.05, 0) is 49.4 Å². The molecule has 0 aliphatic heterocycles. The maximum Gasteiger partial charge on any atom is 0.472 e. The quantitative estimate of drug-likeness (QED) is 0.0222. The van der Waals surface area contributed by atoms with Gasteiger partial charge in [-0.2, -0.15) is 0 Å². The predicted molar refractivity (Wildman–Crippen MR) is 391 cm³/mol. The van der Waals surface area contributed by atoms with Crippen molar-refractivity contribution in [1.82, 2.24) is 0 Å². The van der Waals surface area contributed by atoms with Crippen LogP contribution in [0.25, 0.3) is 0 Å². The predicted octanol–water partition coefficient (Wildman–Crippen LogP) is 22.4. The summed E-state index contributed by atoms with van der Waals surface area (Å²) in [6.45, 7) is 14.2. The topological polar surface area (TPSA) is 237 Å². The molecule has 0 aromatic rings. The van der Waals surface area contributed by atoms with E-state index in [4.69, 9.17) is 37.0 Å². The van der Waals surface area contributed by atoms with Gasteiger partial charge in [0.1, 0.15) is 19.3 Å². The zero-order valence-corrected chi connectivity index (χ0v) is 64.8. The minimum atomic E-state index is -4.96. The normalized spacial score (nSPS) is 14.4.